The molecule has 3 rings (SSSR count). The number of carbonyl (C=O) groups excluding carboxylic acids is 1. The van der Waals surface area contributed by atoms with Crippen LogP contribution < -0.4 is 19.5 Å². The van der Waals surface area contributed by atoms with Gasteiger partial charge in [0.15, 0.2) is 17.3 Å². The van der Waals surface area contributed by atoms with Gasteiger partial charge in [-0.05, 0) is 46.6 Å². The van der Waals surface area contributed by atoms with E-state index in [9.17, 15) is 4.79 Å². The molecule has 0 saturated carbocycles. The standard InChI is InChI=1S/C22H22BrN3O4/c1-5-17(27)15-8-6-7-9-18(15)30-21-16(23)12-24-22(26-21)25-14-10-13(2)20(29-4)19(11-14)28-3/h6-12H,5H2,1-4H3,(H,24,25,26). The van der Waals surface area contributed by atoms with Crippen molar-refractivity contribution >= 4 is 33.3 Å². The highest BCUT2D eigenvalue weighted by atomic mass is 79.9. The number of ether oxygens (including phenoxy) is 3. The number of para-hydroxylation sites is 1. The Morgan fingerprint density at radius 2 is 1.90 bits per heavy atom. The van der Waals surface area contributed by atoms with Crippen LogP contribution in [-0.2, 0) is 0 Å². The summed E-state index contributed by atoms with van der Waals surface area (Å²) in [5, 5.41) is 3.15. The third-order valence-corrected chi connectivity index (χ3v) is 4.89. The number of hydrogen-bond acceptors (Lipinski definition) is 7. The quantitative estimate of drug-likeness (QED) is 0.422. The molecule has 0 fully saturated rings. The predicted octanol–water partition coefficient (Wildman–Crippen LogP) is 5.69. The Balaban J connectivity index is 1.90. The van der Waals surface area contributed by atoms with Gasteiger partial charge in [0.1, 0.15) is 5.75 Å². The Morgan fingerprint density at radius 1 is 1.13 bits per heavy atom. The Labute approximate surface area is 183 Å². The van der Waals surface area contributed by atoms with Crippen molar-refractivity contribution in [1.29, 1.82) is 0 Å². The van der Waals surface area contributed by atoms with Crippen molar-refractivity contribution in [3.05, 3.63) is 58.2 Å². The summed E-state index contributed by atoms with van der Waals surface area (Å²) in [6.07, 6.45) is 1.97. The van der Waals surface area contributed by atoms with E-state index in [4.69, 9.17) is 14.2 Å². The third-order valence-electron chi connectivity index (χ3n) is 4.35. The predicted molar refractivity (Wildman–Crippen MR) is 118 cm³/mol. The number of nitrogens with one attached hydrogen (secondary N) is 1. The molecule has 8 heteroatoms. The van der Waals surface area contributed by atoms with Crippen LogP contribution in [0.3, 0.4) is 0 Å². The highest BCUT2D eigenvalue weighted by Gasteiger charge is 2.15. The number of rotatable bonds is 8. The molecule has 1 N–H and O–H groups in total. The monoisotopic (exact) mass is 471 g/mol. The normalized spacial score (nSPS) is 10.4. The lowest BCUT2D eigenvalue weighted by atomic mass is 10.1. The van der Waals surface area contributed by atoms with Crippen LogP contribution in [0.15, 0.2) is 47.1 Å². The SMILES string of the molecule is CCC(=O)c1ccccc1Oc1nc(Nc2cc(C)c(OC)c(OC)c2)ncc1Br. The molecule has 1 aromatic heterocycles. The van der Waals surface area contributed by atoms with Crippen LogP contribution >= 0.6 is 15.9 Å². The van der Waals surface area contributed by atoms with Crippen LogP contribution in [0, 0.1) is 6.92 Å². The van der Waals surface area contributed by atoms with E-state index in [2.05, 4.69) is 31.2 Å². The molecule has 0 unspecified atom stereocenters. The van der Waals surface area contributed by atoms with E-state index in [-0.39, 0.29) is 5.78 Å². The van der Waals surface area contributed by atoms with Gasteiger partial charge in [-0.1, -0.05) is 19.1 Å². The van der Waals surface area contributed by atoms with E-state index in [1.54, 1.807) is 44.7 Å². The van der Waals surface area contributed by atoms with Gasteiger partial charge in [-0.3, -0.25) is 4.79 Å². The van der Waals surface area contributed by atoms with E-state index in [1.807, 2.05) is 26.0 Å². The molecule has 156 valence electrons. The van der Waals surface area contributed by atoms with Gasteiger partial charge in [-0.2, -0.15) is 4.98 Å². The van der Waals surface area contributed by atoms with E-state index in [1.165, 1.54) is 0 Å². The summed E-state index contributed by atoms with van der Waals surface area (Å²) in [5.74, 6) is 2.33. The molecule has 7 nitrogen and oxygen atoms in total. The topological polar surface area (TPSA) is 82.6 Å². The number of ketones is 1. The largest absolute Gasteiger partial charge is 0.493 e. The van der Waals surface area contributed by atoms with Gasteiger partial charge >= 0.3 is 0 Å². The maximum Gasteiger partial charge on any atom is 0.238 e. The van der Waals surface area contributed by atoms with Gasteiger partial charge in [0.2, 0.25) is 11.8 Å². The summed E-state index contributed by atoms with van der Waals surface area (Å²) in [4.78, 5) is 20.9. The van der Waals surface area contributed by atoms with Crippen LogP contribution in [0.4, 0.5) is 11.6 Å². The number of benzene rings is 2. The van der Waals surface area contributed by atoms with Crippen molar-refractivity contribution in [3.8, 4) is 23.1 Å². The zero-order chi connectivity index (χ0) is 21.7. The first-order valence-corrected chi connectivity index (χ1v) is 10.1. The number of carbonyl (C=O) groups is 1. The minimum atomic E-state index is -0.00469. The van der Waals surface area contributed by atoms with Crippen molar-refractivity contribution in [2.45, 2.75) is 20.3 Å². The van der Waals surface area contributed by atoms with E-state index in [0.717, 1.165) is 11.3 Å². The van der Waals surface area contributed by atoms with Gasteiger partial charge in [0.25, 0.3) is 0 Å². The Morgan fingerprint density at radius 3 is 2.60 bits per heavy atom. The van der Waals surface area contributed by atoms with Crippen LogP contribution in [0.5, 0.6) is 23.1 Å². The number of aryl methyl sites for hydroxylation is 1. The van der Waals surface area contributed by atoms with E-state index in [0.29, 0.717) is 45.5 Å². The first-order valence-electron chi connectivity index (χ1n) is 9.29. The Bertz CT molecular complexity index is 1070. The summed E-state index contributed by atoms with van der Waals surface area (Å²) in [5.41, 5.74) is 2.15. The zero-order valence-corrected chi connectivity index (χ0v) is 18.7. The number of Topliss-reactive ketones (excluding diaryl/α,β-unsaturated/α-hetero) is 1. The maximum atomic E-state index is 12.2. The lowest BCUT2D eigenvalue weighted by Gasteiger charge is -2.14. The summed E-state index contributed by atoms with van der Waals surface area (Å²) in [7, 11) is 3.18. The van der Waals surface area contributed by atoms with E-state index >= 15 is 0 Å². The highest BCUT2D eigenvalue weighted by molar-refractivity contribution is 9.10. The lowest BCUT2D eigenvalue weighted by molar-refractivity contribution is 0.0986. The van der Waals surface area contributed by atoms with E-state index < -0.39 is 0 Å². The van der Waals surface area contributed by atoms with Crippen molar-refractivity contribution in [2.24, 2.45) is 0 Å². The second kappa shape index (κ2) is 9.58. The number of hydrogen-bond donors (Lipinski definition) is 1. The van der Waals surface area contributed by atoms with Gasteiger partial charge in [-0.25, -0.2) is 4.98 Å². The molecule has 0 saturated heterocycles. The average molecular weight is 472 g/mol. The van der Waals surface area contributed by atoms with Crippen molar-refractivity contribution in [2.75, 3.05) is 19.5 Å². The van der Waals surface area contributed by atoms with Crippen molar-refractivity contribution in [3.63, 3.8) is 0 Å². The Kier molecular flexibility index (Phi) is 6.89. The number of nitrogens with zero attached hydrogens (tertiary/aromatic N) is 2. The van der Waals surface area contributed by atoms with Gasteiger partial charge in [-0.15, -0.1) is 0 Å². The number of aromatic nitrogens is 2. The lowest BCUT2D eigenvalue weighted by Crippen LogP contribution is -2.03. The molecule has 3 aromatic rings. The second-order valence-corrected chi connectivity index (χ2v) is 7.23. The minimum Gasteiger partial charge on any atom is -0.493 e. The van der Waals surface area contributed by atoms with Gasteiger partial charge in [0, 0.05) is 18.2 Å². The van der Waals surface area contributed by atoms with Crippen LogP contribution in [0.25, 0.3) is 0 Å². The molecular weight excluding hydrogens is 450 g/mol. The van der Waals surface area contributed by atoms with Crippen molar-refractivity contribution < 1.29 is 19.0 Å². The average Bonchev–Trinajstić information content (AvgIpc) is 2.75. The van der Waals surface area contributed by atoms with Gasteiger partial charge in [0.05, 0.1) is 30.5 Å². The maximum absolute atomic E-state index is 12.2. The molecule has 0 aliphatic carbocycles. The molecule has 0 aliphatic rings. The summed E-state index contributed by atoms with van der Waals surface area (Å²) in [6, 6.07) is 10.8. The summed E-state index contributed by atoms with van der Waals surface area (Å²) < 4.78 is 17.3. The summed E-state index contributed by atoms with van der Waals surface area (Å²) >= 11 is 3.41. The molecule has 0 atom stereocenters. The molecule has 1 heterocycles. The van der Waals surface area contributed by atoms with Crippen molar-refractivity contribution in [1.82, 2.24) is 9.97 Å². The summed E-state index contributed by atoms with van der Waals surface area (Å²) in [6.45, 7) is 3.73. The van der Waals surface area contributed by atoms with Gasteiger partial charge < -0.3 is 19.5 Å². The third kappa shape index (κ3) is 4.71. The first-order chi connectivity index (χ1) is 14.5. The zero-order valence-electron chi connectivity index (χ0n) is 17.2. The molecule has 30 heavy (non-hydrogen) atoms. The number of halogens is 1. The smallest absolute Gasteiger partial charge is 0.238 e. The molecular formula is C22H22BrN3O4. The van der Waals surface area contributed by atoms with Crippen LogP contribution in [-0.4, -0.2) is 30.0 Å². The fourth-order valence-electron chi connectivity index (χ4n) is 2.92. The molecule has 0 radical (unpaired) electrons. The number of methoxy groups -OCH3 is 2. The molecule has 0 spiro atoms. The highest BCUT2D eigenvalue weighted by Crippen LogP contribution is 2.35. The van der Waals surface area contributed by atoms with Crippen LogP contribution in [0.2, 0.25) is 0 Å². The first kappa shape index (κ1) is 21.6. The van der Waals surface area contributed by atoms with Crippen LogP contribution in [0.1, 0.15) is 29.3 Å². The molecule has 0 aliphatic heterocycles. The molecule has 0 amide bonds. The fourth-order valence-corrected chi connectivity index (χ4v) is 3.19. The molecule has 2 aromatic carbocycles. The fraction of sp³-hybridized carbons (Fsp3) is 0.227. The molecule has 0 bridgehead atoms. The minimum absolute atomic E-state index is 0.00469. The number of anilines is 2. The Hall–Kier alpha value is -3.13. The second-order valence-electron chi connectivity index (χ2n) is 6.38.